The highest BCUT2D eigenvalue weighted by Crippen LogP contribution is 2.33. The van der Waals surface area contributed by atoms with Gasteiger partial charge < -0.3 is 89.9 Å². The third-order valence-electron chi connectivity index (χ3n) is 17.6. The van der Waals surface area contributed by atoms with E-state index in [4.69, 9.17) is 28.4 Å². The summed E-state index contributed by atoms with van der Waals surface area (Å²) in [7, 11) is 0. The second-order valence-electron chi connectivity index (χ2n) is 25.7. The van der Waals surface area contributed by atoms with E-state index >= 15 is 0 Å². The van der Waals surface area contributed by atoms with Crippen LogP contribution in [0.2, 0.25) is 0 Å². The largest absolute Gasteiger partial charge is 0.394 e. The van der Waals surface area contributed by atoms with Gasteiger partial charge in [0.25, 0.3) is 0 Å². The van der Waals surface area contributed by atoms with Crippen molar-refractivity contribution < 1.29 is 89.4 Å². The Bertz CT molecular complexity index is 2140. The summed E-state index contributed by atoms with van der Waals surface area (Å²) in [4.78, 5) is 13.4. The molecule has 19 heteroatoms. The zero-order valence-corrected chi connectivity index (χ0v) is 57.9. The molecule has 95 heavy (non-hydrogen) atoms. The van der Waals surface area contributed by atoms with E-state index in [0.29, 0.717) is 12.8 Å². The summed E-state index contributed by atoms with van der Waals surface area (Å²) in [6.45, 7) is 1.67. The third-order valence-corrected chi connectivity index (χ3v) is 17.6. The van der Waals surface area contributed by atoms with Crippen LogP contribution in [0.5, 0.6) is 0 Å². The molecule has 3 aliphatic rings. The van der Waals surface area contributed by atoms with Gasteiger partial charge >= 0.3 is 0 Å². The summed E-state index contributed by atoms with van der Waals surface area (Å²) < 4.78 is 34.4. The van der Waals surface area contributed by atoms with Gasteiger partial charge in [0.2, 0.25) is 5.91 Å². The molecule has 3 fully saturated rings. The first-order valence-electron chi connectivity index (χ1n) is 36.6. The van der Waals surface area contributed by atoms with Crippen molar-refractivity contribution >= 4 is 5.91 Å². The van der Waals surface area contributed by atoms with Crippen molar-refractivity contribution in [2.24, 2.45) is 0 Å². The number of rotatable bonds is 55. The molecule has 17 atom stereocenters. The molecule has 17 unspecified atom stereocenters. The van der Waals surface area contributed by atoms with E-state index in [1.807, 2.05) is 0 Å². The van der Waals surface area contributed by atoms with Crippen molar-refractivity contribution in [3.8, 4) is 0 Å². The lowest BCUT2D eigenvalue weighted by atomic mass is 9.96. The molecule has 0 aromatic carbocycles. The molecule has 0 spiro atoms. The lowest BCUT2D eigenvalue weighted by Crippen LogP contribution is -2.66. The van der Waals surface area contributed by atoms with Crippen LogP contribution in [0.1, 0.15) is 232 Å². The molecule has 0 radical (unpaired) electrons. The molecular formula is C76H129NO18. The van der Waals surface area contributed by atoms with E-state index in [-0.39, 0.29) is 18.9 Å². The quantitative estimate of drug-likeness (QED) is 0.0199. The van der Waals surface area contributed by atoms with Crippen LogP contribution in [0.15, 0.2) is 109 Å². The summed E-state index contributed by atoms with van der Waals surface area (Å²) >= 11 is 0. The predicted molar refractivity (Wildman–Crippen MR) is 374 cm³/mol. The van der Waals surface area contributed by atoms with E-state index in [1.54, 1.807) is 0 Å². The first kappa shape index (κ1) is 85.7. The van der Waals surface area contributed by atoms with Gasteiger partial charge in [-0.1, -0.05) is 252 Å². The number of carbonyl (C=O) groups is 1. The van der Waals surface area contributed by atoms with Crippen LogP contribution in [0.4, 0.5) is 0 Å². The molecule has 3 heterocycles. The molecule has 546 valence electrons. The van der Waals surface area contributed by atoms with Crippen molar-refractivity contribution in [1.29, 1.82) is 0 Å². The van der Waals surface area contributed by atoms with Crippen LogP contribution in [0.25, 0.3) is 0 Å². The van der Waals surface area contributed by atoms with Gasteiger partial charge in [-0.3, -0.25) is 4.79 Å². The number of aliphatic hydroxyl groups is 11. The molecule has 0 aromatic rings. The van der Waals surface area contributed by atoms with Gasteiger partial charge in [-0.15, -0.1) is 0 Å². The number of unbranched alkanes of at least 4 members (excludes halogenated alkanes) is 21. The molecule has 19 nitrogen and oxygen atoms in total. The van der Waals surface area contributed by atoms with E-state index < -0.39 is 124 Å². The first-order chi connectivity index (χ1) is 46.3. The minimum atomic E-state index is -1.98. The van der Waals surface area contributed by atoms with Gasteiger partial charge in [0.15, 0.2) is 18.9 Å². The number of nitrogens with one attached hydrogen (secondary N) is 1. The highest BCUT2D eigenvalue weighted by atomic mass is 16.8. The Morgan fingerprint density at radius 1 is 0.389 bits per heavy atom. The second-order valence-corrected chi connectivity index (χ2v) is 25.7. The van der Waals surface area contributed by atoms with E-state index in [1.165, 1.54) is 83.5 Å². The molecule has 3 rings (SSSR count). The topological polar surface area (TPSA) is 307 Å². The molecule has 0 aromatic heterocycles. The Kier molecular flexibility index (Phi) is 50.7. The maximum absolute atomic E-state index is 13.4. The number of aliphatic hydroxyl groups excluding tert-OH is 11. The fourth-order valence-electron chi connectivity index (χ4n) is 11.7. The smallest absolute Gasteiger partial charge is 0.220 e. The minimum absolute atomic E-state index is 0.237. The molecule has 12 N–H and O–H groups in total. The van der Waals surface area contributed by atoms with Crippen molar-refractivity contribution in [2.45, 2.75) is 336 Å². The van der Waals surface area contributed by atoms with Crippen LogP contribution in [0, 0.1) is 0 Å². The van der Waals surface area contributed by atoms with E-state index in [9.17, 15) is 61.0 Å². The molecule has 1 amide bonds. The Labute approximate surface area is 570 Å². The highest BCUT2D eigenvalue weighted by molar-refractivity contribution is 5.76. The maximum atomic E-state index is 13.4. The summed E-state index contributed by atoms with van der Waals surface area (Å²) in [5, 5.41) is 121. The molecule has 0 aliphatic carbocycles. The highest BCUT2D eigenvalue weighted by Gasteiger charge is 2.53. The van der Waals surface area contributed by atoms with Crippen molar-refractivity contribution in [1.82, 2.24) is 5.32 Å². The lowest BCUT2D eigenvalue weighted by Gasteiger charge is -2.48. The van der Waals surface area contributed by atoms with Gasteiger partial charge in [0.1, 0.15) is 73.2 Å². The van der Waals surface area contributed by atoms with Crippen molar-refractivity contribution in [3.63, 3.8) is 0 Å². The van der Waals surface area contributed by atoms with Crippen molar-refractivity contribution in [3.05, 3.63) is 109 Å². The SMILES string of the molecule is CC/C=C\C/C=C\C/C=C\C/C=C\C/C=C\C/C=C\C/C=C\C/C=C\C/C=C\CCCCCCCC(=O)NC(COC1OC(CO)C(OC2OC(CO)C(OC3OC(CO)C(O)C(O)C3O)C(O)C2O)C(O)C1O)C(O)CCCCCCCCCCCCCCCCCCC. The Morgan fingerprint density at radius 2 is 0.726 bits per heavy atom. The average molecular weight is 1340 g/mol. The molecule has 0 saturated carbocycles. The number of amides is 1. The van der Waals surface area contributed by atoms with Gasteiger partial charge in [-0.2, -0.15) is 0 Å². The van der Waals surface area contributed by atoms with Gasteiger partial charge in [-0.05, 0) is 83.5 Å². The monoisotopic (exact) mass is 1340 g/mol. The summed E-state index contributed by atoms with van der Waals surface area (Å²) in [5.41, 5.74) is 0. The van der Waals surface area contributed by atoms with Gasteiger partial charge in [-0.25, -0.2) is 0 Å². The van der Waals surface area contributed by atoms with Gasteiger partial charge in [0.05, 0.1) is 38.6 Å². The predicted octanol–water partition coefficient (Wildman–Crippen LogP) is 10.6. The molecule has 3 saturated heterocycles. The Morgan fingerprint density at radius 3 is 1.14 bits per heavy atom. The zero-order chi connectivity index (χ0) is 68.9. The standard InChI is InChI=1S/C76H129NO18/c1-3-5-7-9-11-13-15-17-19-21-22-23-24-25-26-27-28-29-30-31-32-33-34-35-36-38-40-42-44-46-48-50-52-54-64(82)77-59(60(81)53-51-49-47-45-43-41-39-37-20-18-16-14-12-10-8-6-4-2)58-90-74-70(88)67(85)72(62(56-79)92-74)95-76-71(89)68(86)73(63(57-80)93-76)94-75-69(87)66(84)65(83)61(55-78)91-75/h5,7,11,13,17,19,22-23,25-26,28-29,31-32,34-35,38,40,59-63,65-76,78-81,83-89H,3-4,6,8-10,12,14-16,18,20-21,24,27,30,33,36-37,39,41-58H2,1-2H3,(H,77,82)/b7-5-,13-11-,19-17-,23-22-,26-25-,29-28-,32-31-,35-34-,40-38-. The first-order valence-corrected chi connectivity index (χ1v) is 36.6. The van der Waals surface area contributed by atoms with Gasteiger partial charge in [0, 0.05) is 6.42 Å². The zero-order valence-electron chi connectivity index (χ0n) is 57.9. The lowest BCUT2D eigenvalue weighted by molar-refractivity contribution is -0.379. The maximum Gasteiger partial charge on any atom is 0.220 e. The number of allylic oxidation sites excluding steroid dienone is 18. The van der Waals surface area contributed by atoms with Crippen LogP contribution in [-0.4, -0.2) is 193 Å². The van der Waals surface area contributed by atoms with Crippen LogP contribution < -0.4 is 5.32 Å². The van der Waals surface area contributed by atoms with Crippen LogP contribution >= 0.6 is 0 Å². The number of hydrogen-bond acceptors (Lipinski definition) is 18. The Balaban J connectivity index is 1.40. The van der Waals surface area contributed by atoms with Crippen LogP contribution in [-0.2, 0) is 33.2 Å². The van der Waals surface area contributed by atoms with E-state index in [0.717, 1.165) is 116 Å². The summed E-state index contributed by atoms with van der Waals surface area (Å²) in [5.74, 6) is -0.265. The third kappa shape index (κ3) is 37.5. The fraction of sp³-hybridized carbons (Fsp3) is 0.750. The Hall–Kier alpha value is -3.55. The number of ether oxygens (including phenoxy) is 6. The molecule has 0 bridgehead atoms. The number of hydrogen-bond donors (Lipinski definition) is 12. The number of carbonyl (C=O) groups excluding carboxylic acids is 1. The summed E-state index contributed by atoms with van der Waals surface area (Å²) in [6.07, 6.45) is 48.7. The molecule has 3 aliphatic heterocycles. The summed E-state index contributed by atoms with van der Waals surface area (Å²) in [6, 6.07) is -0.906. The normalized spacial score (nSPS) is 27.9. The molecular weight excluding hydrogens is 1210 g/mol. The minimum Gasteiger partial charge on any atom is -0.394 e. The van der Waals surface area contributed by atoms with Crippen molar-refractivity contribution in [2.75, 3.05) is 26.4 Å². The average Bonchev–Trinajstić information content (AvgIpc) is 0.786. The second kappa shape index (κ2) is 56.2. The van der Waals surface area contributed by atoms with Crippen LogP contribution in [0.3, 0.4) is 0 Å². The van der Waals surface area contributed by atoms with E-state index in [2.05, 4.69) is 129 Å². The fourth-order valence-corrected chi connectivity index (χ4v) is 11.7.